The minimum Gasteiger partial charge on any atom is -0.396 e. The highest BCUT2D eigenvalue weighted by molar-refractivity contribution is 5.30. The molecule has 3 N–H and O–H groups in total. The Morgan fingerprint density at radius 2 is 2.26 bits per heavy atom. The molecule has 0 amide bonds. The van der Waals surface area contributed by atoms with Crippen molar-refractivity contribution in [2.24, 2.45) is 0 Å². The lowest BCUT2D eigenvalue weighted by Crippen LogP contribution is -2.41. The summed E-state index contributed by atoms with van der Waals surface area (Å²) < 4.78 is 1.72. The molecule has 2 atom stereocenters. The molecule has 5 heteroatoms. The average molecular weight is 266 g/mol. The molecule has 5 nitrogen and oxygen atoms in total. The quantitative estimate of drug-likeness (QED) is 0.847. The zero-order valence-electron chi connectivity index (χ0n) is 11.8. The van der Waals surface area contributed by atoms with Gasteiger partial charge < -0.3 is 10.8 Å². The lowest BCUT2D eigenvalue weighted by molar-refractivity contribution is 0.0729. The highest BCUT2D eigenvalue weighted by Crippen LogP contribution is 2.19. The van der Waals surface area contributed by atoms with Crippen LogP contribution < -0.4 is 5.73 Å². The molecule has 2 heterocycles. The van der Waals surface area contributed by atoms with Gasteiger partial charge in [0.2, 0.25) is 0 Å². The number of nitrogens with two attached hydrogens (primary N) is 1. The van der Waals surface area contributed by atoms with Gasteiger partial charge >= 0.3 is 0 Å². The highest BCUT2D eigenvalue weighted by Gasteiger charge is 2.21. The minimum absolute atomic E-state index is 0.383. The summed E-state index contributed by atoms with van der Waals surface area (Å²) in [6.45, 7) is 4.60. The standard InChI is InChI=1S/C14H26N4O/c1-2-13-6-4-3-5-7-17(13)10-14(19)11-18-9-12(15)8-16-18/h8-9,13-14,19H,2-7,10-11,15H2,1H3. The van der Waals surface area contributed by atoms with Gasteiger partial charge in [0, 0.05) is 18.8 Å². The third kappa shape index (κ3) is 4.21. The van der Waals surface area contributed by atoms with Crippen molar-refractivity contribution >= 4 is 5.69 Å². The summed E-state index contributed by atoms with van der Waals surface area (Å²) in [5.41, 5.74) is 6.27. The largest absolute Gasteiger partial charge is 0.396 e. The van der Waals surface area contributed by atoms with Gasteiger partial charge in [-0.1, -0.05) is 19.8 Å². The third-order valence-electron chi connectivity index (χ3n) is 3.97. The lowest BCUT2D eigenvalue weighted by Gasteiger charge is -2.30. The maximum Gasteiger partial charge on any atom is 0.0862 e. The Morgan fingerprint density at radius 3 is 2.95 bits per heavy atom. The van der Waals surface area contributed by atoms with E-state index in [1.54, 1.807) is 17.1 Å². The molecule has 1 saturated heterocycles. The van der Waals surface area contributed by atoms with E-state index in [1.165, 1.54) is 32.1 Å². The van der Waals surface area contributed by atoms with Crippen molar-refractivity contribution in [1.29, 1.82) is 0 Å². The van der Waals surface area contributed by atoms with Gasteiger partial charge in [0.05, 0.1) is 24.5 Å². The van der Waals surface area contributed by atoms with Gasteiger partial charge in [-0.2, -0.15) is 5.10 Å². The van der Waals surface area contributed by atoms with Crippen LogP contribution >= 0.6 is 0 Å². The van der Waals surface area contributed by atoms with E-state index in [1.807, 2.05) is 0 Å². The van der Waals surface area contributed by atoms with Crippen LogP contribution in [0, 0.1) is 0 Å². The summed E-state index contributed by atoms with van der Waals surface area (Å²) in [5.74, 6) is 0. The first-order valence-electron chi connectivity index (χ1n) is 7.39. The number of β-amino-alcohol motifs (C(OH)–C–C–N with tert-alkyl or cyclic N) is 1. The Hall–Kier alpha value is -1.07. The Balaban J connectivity index is 1.87. The maximum absolute atomic E-state index is 10.2. The van der Waals surface area contributed by atoms with Crippen LogP contribution in [-0.4, -0.2) is 45.0 Å². The van der Waals surface area contributed by atoms with Crippen molar-refractivity contribution in [1.82, 2.24) is 14.7 Å². The van der Waals surface area contributed by atoms with Gasteiger partial charge in [0.15, 0.2) is 0 Å². The molecule has 2 rings (SSSR count). The average Bonchev–Trinajstić information content (AvgIpc) is 2.65. The highest BCUT2D eigenvalue weighted by atomic mass is 16.3. The van der Waals surface area contributed by atoms with E-state index in [0.29, 0.717) is 18.3 Å². The number of aliphatic hydroxyl groups excluding tert-OH is 1. The van der Waals surface area contributed by atoms with E-state index in [2.05, 4.69) is 16.9 Å². The summed E-state index contributed by atoms with van der Waals surface area (Å²) in [5, 5.41) is 14.3. The summed E-state index contributed by atoms with van der Waals surface area (Å²) in [4.78, 5) is 2.45. The Bertz CT molecular complexity index is 379. The predicted octanol–water partition coefficient (Wildman–Crippen LogP) is 1.48. The molecule has 1 aromatic heterocycles. The zero-order chi connectivity index (χ0) is 13.7. The molecule has 0 aliphatic carbocycles. The second-order valence-corrected chi connectivity index (χ2v) is 5.56. The van der Waals surface area contributed by atoms with Gasteiger partial charge in [-0.25, -0.2) is 0 Å². The number of anilines is 1. The van der Waals surface area contributed by atoms with Gasteiger partial charge in [0.25, 0.3) is 0 Å². The first kappa shape index (κ1) is 14.3. The van der Waals surface area contributed by atoms with Crippen LogP contribution in [0.4, 0.5) is 5.69 Å². The van der Waals surface area contributed by atoms with E-state index in [4.69, 9.17) is 5.73 Å². The van der Waals surface area contributed by atoms with Crippen LogP contribution in [0.2, 0.25) is 0 Å². The number of hydrogen-bond acceptors (Lipinski definition) is 4. The van der Waals surface area contributed by atoms with Crippen molar-refractivity contribution in [2.45, 2.75) is 57.7 Å². The van der Waals surface area contributed by atoms with Gasteiger partial charge in [-0.05, 0) is 25.8 Å². The Labute approximate surface area is 115 Å². The normalized spacial score (nSPS) is 23.2. The number of likely N-dealkylation sites (tertiary alicyclic amines) is 1. The van der Waals surface area contributed by atoms with Gasteiger partial charge in [-0.3, -0.25) is 9.58 Å². The number of hydrogen-bond donors (Lipinski definition) is 2. The Morgan fingerprint density at radius 1 is 1.42 bits per heavy atom. The second-order valence-electron chi connectivity index (χ2n) is 5.56. The van der Waals surface area contributed by atoms with E-state index in [9.17, 15) is 5.11 Å². The first-order chi connectivity index (χ1) is 9.19. The number of rotatable bonds is 5. The monoisotopic (exact) mass is 266 g/mol. The van der Waals surface area contributed by atoms with Crippen LogP contribution in [0.3, 0.4) is 0 Å². The van der Waals surface area contributed by atoms with Gasteiger partial charge in [-0.15, -0.1) is 0 Å². The molecule has 108 valence electrons. The van der Waals surface area contributed by atoms with E-state index >= 15 is 0 Å². The SMILES string of the molecule is CCC1CCCCCN1CC(O)Cn1cc(N)cn1. The number of nitrogen functional groups attached to an aromatic ring is 1. The summed E-state index contributed by atoms with van der Waals surface area (Å²) in [6, 6.07) is 0.625. The van der Waals surface area contributed by atoms with E-state index in [0.717, 1.165) is 13.1 Å². The van der Waals surface area contributed by atoms with Crippen LogP contribution in [0.25, 0.3) is 0 Å². The van der Waals surface area contributed by atoms with Crippen molar-refractivity contribution < 1.29 is 5.11 Å². The predicted molar refractivity (Wildman–Crippen MR) is 76.8 cm³/mol. The molecule has 0 saturated carbocycles. The molecule has 19 heavy (non-hydrogen) atoms. The number of aromatic nitrogens is 2. The van der Waals surface area contributed by atoms with Crippen LogP contribution in [0.5, 0.6) is 0 Å². The Kier molecular flexibility index (Phi) is 5.22. The maximum atomic E-state index is 10.2. The lowest BCUT2D eigenvalue weighted by atomic mass is 10.1. The van der Waals surface area contributed by atoms with Crippen LogP contribution in [0.1, 0.15) is 39.0 Å². The molecule has 2 unspecified atom stereocenters. The van der Waals surface area contributed by atoms with Crippen molar-refractivity contribution in [3.63, 3.8) is 0 Å². The number of nitrogens with zero attached hydrogens (tertiary/aromatic N) is 3. The summed E-state index contributed by atoms with van der Waals surface area (Å²) >= 11 is 0. The first-order valence-corrected chi connectivity index (χ1v) is 7.39. The van der Waals surface area contributed by atoms with Gasteiger partial charge in [0.1, 0.15) is 0 Å². The summed E-state index contributed by atoms with van der Waals surface area (Å²) in [6.07, 6.45) is 9.32. The summed E-state index contributed by atoms with van der Waals surface area (Å²) in [7, 11) is 0. The number of aliphatic hydroxyl groups is 1. The molecule has 1 aliphatic heterocycles. The van der Waals surface area contributed by atoms with Crippen molar-refractivity contribution in [2.75, 3.05) is 18.8 Å². The molecule has 0 aromatic carbocycles. The smallest absolute Gasteiger partial charge is 0.0862 e. The second kappa shape index (κ2) is 6.91. The molecular weight excluding hydrogens is 240 g/mol. The third-order valence-corrected chi connectivity index (χ3v) is 3.97. The molecule has 1 aliphatic rings. The fourth-order valence-corrected chi connectivity index (χ4v) is 2.96. The topological polar surface area (TPSA) is 67.3 Å². The molecular formula is C14H26N4O. The zero-order valence-corrected chi connectivity index (χ0v) is 11.8. The van der Waals surface area contributed by atoms with E-state index in [-0.39, 0.29) is 6.10 Å². The molecule has 1 fully saturated rings. The minimum atomic E-state index is -0.383. The fourth-order valence-electron chi connectivity index (χ4n) is 2.96. The van der Waals surface area contributed by atoms with Crippen LogP contribution in [0.15, 0.2) is 12.4 Å². The molecule has 0 spiro atoms. The fraction of sp³-hybridized carbons (Fsp3) is 0.786. The molecule has 1 aromatic rings. The van der Waals surface area contributed by atoms with Crippen molar-refractivity contribution in [3.8, 4) is 0 Å². The van der Waals surface area contributed by atoms with Crippen molar-refractivity contribution in [3.05, 3.63) is 12.4 Å². The molecule has 0 radical (unpaired) electrons. The van der Waals surface area contributed by atoms with Crippen LogP contribution in [-0.2, 0) is 6.54 Å². The van der Waals surface area contributed by atoms with E-state index < -0.39 is 0 Å². The molecule has 0 bridgehead atoms.